The van der Waals surface area contributed by atoms with Gasteiger partial charge in [-0.15, -0.1) is 0 Å². The van der Waals surface area contributed by atoms with E-state index in [1.165, 1.54) is 16.9 Å². The third-order valence-electron chi connectivity index (χ3n) is 3.50. The number of alkyl halides is 3. The zero-order valence-electron chi connectivity index (χ0n) is 12.7. The van der Waals surface area contributed by atoms with Crippen LogP contribution in [0.4, 0.5) is 13.2 Å². The van der Waals surface area contributed by atoms with Gasteiger partial charge in [-0.2, -0.15) is 18.3 Å². The van der Waals surface area contributed by atoms with E-state index < -0.39 is 24.4 Å². The SMILES string of the molecule is Cn1cc(-c2nc(Cl)cc3c(=O)n(C[C@H](O)C(F)(F)F)cnc23)cn1. The van der Waals surface area contributed by atoms with Crippen LogP contribution in [0.5, 0.6) is 0 Å². The van der Waals surface area contributed by atoms with Crippen molar-refractivity contribution in [2.45, 2.75) is 18.8 Å². The van der Waals surface area contributed by atoms with Crippen molar-refractivity contribution in [1.82, 2.24) is 24.3 Å². The number of nitrogens with zero attached hydrogens (tertiary/aromatic N) is 5. The molecule has 0 spiro atoms. The maximum atomic E-state index is 12.5. The summed E-state index contributed by atoms with van der Waals surface area (Å²) < 4.78 is 39.7. The van der Waals surface area contributed by atoms with Gasteiger partial charge in [0.2, 0.25) is 0 Å². The number of hydrogen-bond donors (Lipinski definition) is 1. The highest BCUT2D eigenvalue weighted by atomic mass is 35.5. The Morgan fingerprint density at radius 1 is 1.40 bits per heavy atom. The smallest absolute Gasteiger partial charge is 0.382 e. The second-order valence-electron chi connectivity index (χ2n) is 5.35. The van der Waals surface area contributed by atoms with Gasteiger partial charge in [0.1, 0.15) is 16.4 Å². The highest BCUT2D eigenvalue weighted by molar-refractivity contribution is 6.30. The lowest BCUT2D eigenvalue weighted by molar-refractivity contribution is -0.207. The first kappa shape index (κ1) is 17.4. The van der Waals surface area contributed by atoms with Crippen molar-refractivity contribution in [3.63, 3.8) is 0 Å². The Bertz CT molecular complexity index is 998. The Morgan fingerprint density at radius 2 is 2.12 bits per heavy atom. The molecule has 0 unspecified atom stereocenters. The third kappa shape index (κ3) is 3.35. The molecule has 3 aromatic rings. The molecule has 3 rings (SSSR count). The van der Waals surface area contributed by atoms with E-state index in [4.69, 9.17) is 16.7 Å². The van der Waals surface area contributed by atoms with E-state index in [1.807, 2.05) is 0 Å². The summed E-state index contributed by atoms with van der Waals surface area (Å²) in [4.78, 5) is 20.6. The minimum atomic E-state index is -4.84. The summed E-state index contributed by atoms with van der Waals surface area (Å²) in [6.45, 7) is -0.965. The Morgan fingerprint density at radius 3 is 2.72 bits per heavy atom. The van der Waals surface area contributed by atoms with Crippen LogP contribution in [-0.2, 0) is 13.6 Å². The van der Waals surface area contributed by atoms with E-state index in [0.29, 0.717) is 10.1 Å². The number of fused-ring (bicyclic) bond motifs is 1. The van der Waals surface area contributed by atoms with Gasteiger partial charge in [0.05, 0.1) is 24.5 Å². The number of rotatable bonds is 3. The number of halogens is 4. The predicted molar refractivity (Wildman–Crippen MR) is 83.1 cm³/mol. The number of pyridine rings is 1. The molecule has 3 heterocycles. The summed E-state index contributed by atoms with van der Waals surface area (Å²) in [7, 11) is 1.69. The molecule has 3 aromatic heterocycles. The zero-order chi connectivity index (χ0) is 18.4. The molecule has 0 aliphatic carbocycles. The number of aryl methyl sites for hydroxylation is 1. The van der Waals surface area contributed by atoms with Crippen molar-refractivity contribution < 1.29 is 18.3 Å². The molecule has 1 N–H and O–H groups in total. The minimum Gasteiger partial charge on any atom is -0.382 e. The Labute approximate surface area is 143 Å². The molecule has 0 saturated carbocycles. The first-order valence-electron chi connectivity index (χ1n) is 6.96. The predicted octanol–water partition coefficient (Wildman–Crippen LogP) is 1.77. The van der Waals surface area contributed by atoms with Crippen molar-refractivity contribution in [3.8, 4) is 11.3 Å². The normalized spacial score (nSPS) is 13.4. The Kier molecular flexibility index (Phi) is 4.25. The summed E-state index contributed by atoms with van der Waals surface area (Å²) in [5.74, 6) is 0. The van der Waals surface area contributed by atoms with E-state index in [0.717, 1.165) is 6.33 Å². The maximum absolute atomic E-state index is 12.5. The summed E-state index contributed by atoms with van der Waals surface area (Å²) in [6, 6.07) is 1.22. The standard InChI is InChI=1S/C14H11ClF3N5O2/c1-22-4-7(3-20-22)11-12-8(2-10(15)21-11)13(25)23(6-19-12)5-9(24)14(16,17)18/h2-4,6,9,24H,5H2,1H3/t9-/m0/s1. The van der Waals surface area contributed by atoms with E-state index in [2.05, 4.69) is 15.1 Å². The minimum absolute atomic E-state index is 0.00396. The van der Waals surface area contributed by atoms with Crippen molar-refractivity contribution in [2.24, 2.45) is 7.05 Å². The summed E-state index contributed by atoms with van der Waals surface area (Å²) in [6.07, 6.45) is -3.45. The lowest BCUT2D eigenvalue weighted by Crippen LogP contribution is -2.36. The maximum Gasteiger partial charge on any atom is 0.416 e. The molecule has 0 saturated heterocycles. The average molecular weight is 374 g/mol. The van der Waals surface area contributed by atoms with Gasteiger partial charge in [0.15, 0.2) is 6.10 Å². The van der Waals surface area contributed by atoms with Gasteiger partial charge in [-0.3, -0.25) is 14.0 Å². The molecule has 0 amide bonds. The van der Waals surface area contributed by atoms with Gasteiger partial charge in [0.25, 0.3) is 5.56 Å². The van der Waals surface area contributed by atoms with Crippen LogP contribution >= 0.6 is 11.6 Å². The molecule has 0 radical (unpaired) electrons. The quantitative estimate of drug-likeness (QED) is 0.707. The lowest BCUT2D eigenvalue weighted by Gasteiger charge is -2.16. The molecule has 0 bridgehead atoms. The van der Waals surface area contributed by atoms with Gasteiger partial charge in [-0.25, -0.2) is 9.97 Å². The first-order chi connectivity index (χ1) is 11.7. The van der Waals surface area contributed by atoms with Crippen LogP contribution in [0.15, 0.2) is 29.6 Å². The van der Waals surface area contributed by atoms with Gasteiger partial charge < -0.3 is 5.11 Å². The van der Waals surface area contributed by atoms with Gasteiger partial charge >= 0.3 is 6.18 Å². The first-order valence-corrected chi connectivity index (χ1v) is 7.34. The van der Waals surface area contributed by atoms with Crippen LogP contribution in [0.3, 0.4) is 0 Å². The molecule has 11 heteroatoms. The number of aliphatic hydroxyl groups is 1. The van der Waals surface area contributed by atoms with Crippen LogP contribution in [-0.4, -0.2) is 41.7 Å². The van der Waals surface area contributed by atoms with Crippen LogP contribution in [0, 0.1) is 0 Å². The van der Waals surface area contributed by atoms with E-state index in [1.54, 1.807) is 13.2 Å². The van der Waals surface area contributed by atoms with Crippen molar-refractivity contribution >= 4 is 22.5 Å². The fourth-order valence-corrected chi connectivity index (χ4v) is 2.49. The van der Waals surface area contributed by atoms with Crippen LogP contribution in [0.25, 0.3) is 22.2 Å². The van der Waals surface area contributed by atoms with Crippen LogP contribution in [0.2, 0.25) is 5.15 Å². The van der Waals surface area contributed by atoms with Crippen molar-refractivity contribution in [2.75, 3.05) is 0 Å². The molecule has 0 aliphatic rings. The summed E-state index contributed by atoms with van der Waals surface area (Å²) >= 11 is 5.94. The summed E-state index contributed by atoms with van der Waals surface area (Å²) in [5.41, 5.74) is 0.258. The fraction of sp³-hybridized carbons (Fsp3) is 0.286. The monoisotopic (exact) mass is 373 g/mol. The zero-order valence-corrected chi connectivity index (χ0v) is 13.5. The Balaban J connectivity index is 2.15. The highest BCUT2D eigenvalue weighted by Gasteiger charge is 2.38. The molecule has 1 atom stereocenters. The number of aromatic nitrogens is 5. The third-order valence-corrected chi connectivity index (χ3v) is 3.70. The molecular weight excluding hydrogens is 363 g/mol. The molecular formula is C14H11ClF3N5O2. The summed E-state index contributed by atoms with van der Waals surface area (Å²) in [5, 5.41) is 13.1. The van der Waals surface area contributed by atoms with Gasteiger partial charge in [0, 0.05) is 18.8 Å². The largest absolute Gasteiger partial charge is 0.416 e. The van der Waals surface area contributed by atoms with Gasteiger partial charge in [-0.05, 0) is 6.07 Å². The van der Waals surface area contributed by atoms with E-state index in [9.17, 15) is 18.0 Å². The van der Waals surface area contributed by atoms with E-state index >= 15 is 0 Å². The van der Waals surface area contributed by atoms with Crippen molar-refractivity contribution in [1.29, 1.82) is 0 Å². The second kappa shape index (κ2) is 6.12. The molecule has 132 valence electrons. The second-order valence-corrected chi connectivity index (χ2v) is 5.74. The topological polar surface area (TPSA) is 85.8 Å². The number of aliphatic hydroxyl groups excluding tert-OH is 1. The van der Waals surface area contributed by atoms with Gasteiger partial charge in [-0.1, -0.05) is 11.6 Å². The Hall–Kier alpha value is -2.46. The molecule has 7 nitrogen and oxygen atoms in total. The number of hydrogen-bond acceptors (Lipinski definition) is 5. The fourth-order valence-electron chi connectivity index (χ4n) is 2.30. The molecule has 0 aromatic carbocycles. The highest BCUT2D eigenvalue weighted by Crippen LogP contribution is 2.26. The molecule has 0 aliphatic heterocycles. The van der Waals surface area contributed by atoms with E-state index in [-0.39, 0.29) is 21.7 Å². The van der Waals surface area contributed by atoms with Crippen LogP contribution < -0.4 is 5.56 Å². The van der Waals surface area contributed by atoms with Crippen LogP contribution in [0.1, 0.15) is 0 Å². The molecule has 25 heavy (non-hydrogen) atoms. The average Bonchev–Trinajstić information content (AvgIpc) is 2.95. The lowest BCUT2D eigenvalue weighted by atomic mass is 10.1. The van der Waals surface area contributed by atoms with Crippen molar-refractivity contribution in [3.05, 3.63) is 40.3 Å². The molecule has 0 fully saturated rings.